The zero-order valence-electron chi connectivity index (χ0n) is 9.42. The summed E-state index contributed by atoms with van der Waals surface area (Å²) in [5.74, 6) is -1.20. The second kappa shape index (κ2) is 4.59. The molecule has 15 heavy (non-hydrogen) atoms. The predicted molar refractivity (Wildman–Crippen MR) is 53.7 cm³/mol. The van der Waals surface area contributed by atoms with Gasteiger partial charge in [0.2, 0.25) is 0 Å². The quantitative estimate of drug-likeness (QED) is 0.442. The summed E-state index contributed by atoms with van der Waals surface area (Å²) in [6.45, 7) is 5.20. The standard InChI is InChI=1S/C9H18N2O4/c1-8(2,14)6(12)10-5-11-7(13)9(3,4)15/h14-15H,5H2,1-4H3,(H,10,12)(H,11,13). The molecule has 0 aromatic rings. The number of amides is 2. The highest BCUT2D eigenvalue weighted by molar-refractivity contribution is 5.86. The largest absolute Gasteiger partial charge is 0.381 e. The van der Waals surface area contributed by atoms with Crippen LogP contribution < -0.4 is 10.6 Å². The van der Waals surface area contributed by atoms with Crippen LogP contribution in [0.2, 0.25) is 0 Å². The molecule has 0 aromatic heterocycles. The van der Waals surface area contributed by atoms with Crippen LogP contribution in [0.15, 0.2) is 0 Å². The molecule has 0 saturated carbocycles. The van der Waals surface area contributed by atoms with Crippen molar-refractivity contribution in [1.82, 2.24) is 10.6 Å². The summed E-state index contributed by atoms with van der Waals surface area (Å²) in [5, 5.41) is 23.1. The number of carbonyl (C=O) groups is 2. The molecular formula is C9H18N2O4. The second-order valence-corrected chi connectivity index (χ2v) is 4.31. The molecule has 6 heteroatoms. The molecule has 0 saturated heterocycles. The van der Waals surface area contributed by atoms with Gasteiger partial charge in [-0.05, 0) is 27.7 Å². The average Bonchev–Trinajstić information content (AvgIpc) is 2.00. The zero-order valence-corrected chi connectivity index (χ0v) is 9.42. The normalized spacial score (nSPS) is 12.1. The fourth-order valence-corrected chi connectivity index (χ4v) is 0.637. The summed E-state index contributed by atoms with van der Waals surface area (Å²) in [5.41, 5.74) is -2.97. The number of aliphatic hydroxyl groups is 2. The maximum Gasteiger partial charge on any atom is 0.252 e. The Labute approximate surface area is 88.7 Å². The van der Waals surface area contributed by atoms with Crippen LogP contribution in [-0.2, 0) is 9.59 Å². The first-order chi connectivity index (χ1) is 6.55. The lowest BCUT2D eigenvalue weighted by Gasteiger charge is -2.19. The molecule has 0 aliphatic heterocycles. The van der Waals surface area contributed by atoms with Gasteiger partial charge in [-0.1, -0.05) is 0 Å². The molecule has 2 amide bonds. The molecule has 6 nitrogen and oxygen atoms in total. The van der Waals surface area contributed by atoms with Gasteiger partial charge in [0.25, 0.3) is 11.8 Å². The fourth-order valence-electron chi connectivity index (χ4n) is 0.637. The Morgan fingerprint density at radius 1 is 0.933 bits per heavy atom. The first kappa shape index (κ1) is 13.9. The topological polar surface area (TPSA) is 98.7 Å². The summed E-state index contributed by atoms with van der Waals surface area (Å²) in [6.07, 6.45) is 0. The summed E-state index contributed by atoms with van der Waals surface area (Å²) in [7, 11) is 0. The van der Waals surface area contributed by atoms with E-state index in [0.717, 1.165) is 0 Å². The molecule has 0 atom stereocenters. The maximum absolute atomic E-state index is 11.1. The van der Waals surface area contributed by atoms with Crippen molar-refractivity contribution >= 4 is 11.8 Å². The van der Waals surface area contributed by atoms with Crippen molar-refractivity contribution < 1.29 is 19.8 Å². The van der Waals surface area contributed by atoms with Gasteiger partial charge in [-0.2, -0.15) is 0 Å². The van der Waals surface area contributed by atoms with Crippen LogP contribution in [0.25, 0.3) is 0 Å². The Morgan fingerprint density at radius 3 is 1.40 bits per heavy atom. The number of nitrogens with one attached hydrogen (secondary N) is 2. The van der Waals surface area contributed by atoms with E-state index < -0.39 is 23.0 Å². The number of rotatable bonds is 4. The van der Waals surface area contributed by atoms with Gasteiger partial charge in [-0.25, -0.2) is 0 Å². The van der Waals surface area contributed by atoms with Gasteiger partial charge < -0.3 is 20.8 Å². The molecule has 0 aliphatic rings. The van der Waals surface area contributed by atoms with Gasteiger partial charge in [-0.3, -0.25) is 9.59 Å². The fraction of sp³-hybridized carbons (Fsp3) is 0.778. The van der Waals surface area contributed by atoms with E-state index in [1.54, 1.807) is 0 Å². The van der Waals surface area contributed by atoms with Crippen molar-refractivity contribution in [2.24, 2.45) is 0 Å². The molecule has 0 fully saturated rings. The van der Waals surface area contributed by atoms with Crippen molar-refractivity contribution in [3.05, 3.63) is 0 Å². The van der Waals surface area contributed by atoms with E-state index in [2.05, 4.69) is 10.6 Å². The molecule has 0 aliphatic carbocycles. The maximum atomic E-state index is 11.1. The Kier molecular flexibility index (Phi) is 4.24. The van der Waals surface area contributed by atoms with Crippen molar-refractivity contribution in [3.8, 4) is 0 Å². The molecule has 0 bridgehead atoms. The molecule has 0 unspecified atom stereocenters. The molecular weight excluding hydrogens is 200 g/mol. The number of carbonyl (C=O) groups excluding carboxylic acids is 2. The van der Waals surface area contributed by atoms with E-state index in [-0.39, 0.29) is 6.67 Å². The van der Waals surface area contributed by atoms with Crippen molar-refractivity contribution in [2.75, 3.05) is 6.67 Å². The van der Waals surface area contributed by atoms with E-state index in [4.69, 9.17) is 0 Å². The summed E-state index contributed by atoms with van der Waals surface area (Å²) in [6, 6.07) is 0. The Morgan fingerprint density at radius 2 is 1.20 bits per heavy atom. The highest BCUT2D eigenvalue weighted by Gasteiger charge is 2.25. The summed E-state index contributed by atoms with van der Waals surface area (Å²) < 4.78 is 0. The first-order valence-corrected chi connectivity index (χ1v) is 4.56. The summed E-state index contributed by atoms with van der Waals surface area (Å²) in [4.78, 5) is 22.2. The highest BCUT2D eigenvalue weighted by Crippen LogP contribution is 2.00. The monoisotopic (exact) mass is 218 g/mol. The smallest absolute Gasteiger partial charge is 0.252 e. The molecule has 0 rings (SSSR count). The second-order valence-electron chi connectivity index (χ2n) is 4.31. The van der Waals surface area contributed by atoms with Crippen LogP contribution in [0.3, 0.4) is 0 Å². The lowest BCUT2D eigenvalue weighted by molar-refractivity contribution is -0.138. The van der Waals surface area contributed by atoms with Crippen LogP contribution in [0, 0.1) is 0 Å². The third-order valence-corrected chi connectivity index (χ3v) is 1.61. The van der Waals surface area contributed by atoms with E-state index in [1.807, 2.05) is 0 Å². The third-order valence-electron chi connectivity index (χ3n) is 1.61. The van der Waals surface area contributed by atoms with E-state index in [0.29, 0.717) is 0 Å². The van der Waals surface area contributed by atoms with Gasteiger partial charge in [0.1, 0.15) is 11.2 Å². The lowest BCUT2D eigenvalue weighted by Crippen LogP contribution is -2.50. The number of hydrogen-bond donors (Lipinski definition) is 4. The molecule has 0 radical (unpaired) electrons. The molecule has 88 valence electrons. The predicted octanol–water partition coefficient (Wildman–Crippen LogP) is -1.28. The Balaban J connectivity index is 3.92. The minimum atomic E-state index is -1.49. The molecule has 4 N–H and O–H groups in total. The highest BCUT2D eigenvalue weighted by atomic mass is 16.3. The SMILES string of the molecule is CC(C)(O)C(=O)NCNC(=O)C(C)(C)O. The van der Waals surface area contributed by atoms with Crippen LogP contribution >= 0.6 is 0 Å². The molecule has 0 heterocycles. The lowest BCUT2D eigenvalue weighted by atomic mass is 10.1. The minimum absolute atomic E-state index is 0.133. The van der Waals surface area contributed by atoms with Crippen LogP contribution in [0.4, 0.5) is 0 Å². The van der Waals surface area contributed by atoms with E-state index in [1.165, 1.54) is 27.7 Å². The van der Waals surface area contributed by atoms with E-state index in [9.17, 15) is 19.8 Å². The van der Waals surface area contributed by atoms with Gasteiger partial charge in [-0.15, -0.1) is 0 Å². The van der Waals surface area contributed by atoms with Crippen LogP contribution in [0.5, 0.6) is 0 Å². The Bertz CT molecular complexity index is 224. The Hall–Kier alpha value is -1.14. The van der Waals surface area contributed by atoms with Gasteiger partial charge in [0.05, 0.1) is 6.67 Å². The van der Waals surface area contributed by atoms with Gasteiger partial charge in [0, 0.05) is 0 Å². The van der Waals surface area contributed by atoms with Gasteiger partial charge >= 0.3 is 0 Å². The zero-order chi connectivity index (χ0) is 12.3. The molecule has 0 aromatic carbocycles. The van der Waals surface area contributed by atoms with Gasteiger partial charge in [0.15, 0.2) is 0 Å². The summed E-state index contributed by atoms with van der Waals surface area (Å²) >= 11 is 0. The number of hydrogen-bond acceptors (Lipinski definition) is 4. The average molecular weight is 218 g/mol. The van der Waals surface area contributed by atoms with Crippen molar-refractivity contribution in [2.45, 2.75) is 38.9 Å². The third kappa shape index (κ3) is 5.34. The minimum Gasteiger partial charge on any atom is -0.381 e. The van der Waals surface area contributed by atoms with E-state index >= 15 is 0 Å². The molecule has 0 spiro atoms. The van der Waals surface area contributed by atoms with Crippen LogP contribution in [-0.4, -0.2) is 39.9 Å². The first-order valence-electron chi connectivity index (χ1n) is 4.56. The van der Waals surface area contributed by atoms with Crippen LogP contribution in [0.1, 0.15) is 27.7 Å². The van der Waals surface area contributed by atoms with Crippen molar-refractivity contribution in [3.63, 3.8) is 0 Å². The van der Waals surface area contributed by atoms with Crippen molar-refractivity contribution in [1.29, 1.82) is 0 Å².